The van der Waals surface area contributed by atoms with E-state index in [4.69, 9.17) is 4.74 Å². The Bertz CT molecular complexity index is 180. The molecular formula is C11H21NO2. The van der Waals surface area contributed by atoms with Crippen LogP contribution in [0.5, 0.6) is 0 Å². The Labute approximate surface area is 85.8 Å². The molecule has 0 radical (unpaired) electrons. The van der Waals surface area contributed by atoms with Gasteiger partial charge in [-0.1, -0.05) is 0 Å². The van der Waals surface area contributed by atoms with Gasteiger partial charge < -0.3 is 15.2 Å². The van der Waals surface area contributed by atoms with Gasteiger partial charge in [0.2, 0.25) is 0 Å². The first kappa shape index (κ1) is 10.4. The van der Waals surface area contributed by atoms with Crippen LogP contribution < -0.4 is 5.32 Å². The van der Waals surface area contributed by atoms with Crippen molar-refractivity contribution in [1.82, 2.24) is 5.32 Å². The Morgan fingerprint density at radius 2 is 2.14 bits per heavy atom. The number of ether oxygens (including phenoxy) is 1. The van der Waals surface area contributed by atoms with E-state index in [1.54, 1.807) is 0 Å². The molecule has 0 heterocycles. The van der Waals surface area contributed by atoms with E-state index in [-0.39, 0.29) is 6.10 Å². The summed E-state index contributed by atoms with van der Waals surface area (Å²) in [6.45, 7) is 2.87. The van der Waals surface area contributed by atoms with Crippen LogP contribution in [0.2, 0.25) is 0 Å². The van der Waals surface area contributed by atoms with Gasteiger partial charge in [-0.2, -0.15) is 0 Å². The van der Waals surface area contributed by atoms with Gasteiger partial charge in [-0.05, 0) is 39.0 Å². The summed E-state index contributed by atoms with van der Waals surface area (Å²) in [4.78, 5) is 0. The molecule has 2 atom stereocenters. The third-order valence-corrected chi connectivity index (χ3v) is 3.43. The van der Waals surface area contributed by atoms with E-state index in [0.717, 1.165) is 32.3 Å². The third kappa shape index (κ3) is 2.27. The first-order valence-corrected chi connectivity index (χ1v) is 5.85. The first-order valence-electron chi connectivity index (χ1n) is 5.85. The van der Waals surface area contributed by atoms with Crippen molar-refractivity contribution < 1.29 is 9.84 Å². The average Bonchev–Trinajstić information content (AvgIpc) is 2.48. The molecule has 2 unspecified atom stereocenters. The summed E-state index contributed by atoms with van der Waals surface area (Å²) >= 11 is 0. The Morgan fingerprint density at radius 1 is 1.36 bits per heavy atom. The number of nitrogens with one attached hydrogen (secondary N) is 1. The summed E-state index contributed by atoms with van der Waals surface area (Å²) in [6.07, 6.45) is 5.88. The van der Waals surface area contributed by atoms with Crippen LogP contribution in [0.1, 0.15) is 39.0 Å². The van der Waals surface area contributed by atoms with E-state index >= 15 is 0 Å². The number of aliphatic hydroxyl groups excluding tert-OH is 1. The zero-order chi connectivity index (χ0) is 9.97. The molecule has 3 nitrogen and oxygen atoms in total. The van der Waals surface area contributed by atoms with E-state index < -0.39 is 0 Å². The standard InChI is InChI=1S/C11H21NO2/c1-2-14-9-6-8(7-9)12-10-4-3-5-11(10)13/h8-13H,2-7H2,1H3. The Morgan fingerprint density at radius 3 is 2.71 bits per heavy atom. The molecule has 3 heteroatoms. The van der Waals surface area contributed by atoms with Crippen LogP contribution in [0.3, 0.4) is 0 Å². The fourth-order valence-corrected chi connectivity index (χ4v) is 2.51. The van der Waals surface area contributed by atoms with Crippen LogP contribution in [0.15, 0.2) is 0 Å². The van der Waals surface area contributed by atoms with E-state index in [9.17, 15) is 5.11 Å². The average molecular weight is 199 g/mol. The molecule has 82 valence electrons. The van der Waals surface area contributed by atoms with Gasteiger partial charge >= 0.3 is 0 Å². The monoisotopic (exact) mass is 199 g/mol. The second kappa shape index (κ2) is 4.60. The normalized spacial score (nSPS) is 42.4. The van der Waals surface area contributed by atoms with Crippen molar-refractivity contribution in [2.45, 2.75) is 63.3 Å². The highest BCUT2D eigenvalue weighted by atomic mass is 16.5. The SMILES string of the molecule is CCOC1CC(NC2CCCC2O)C1. The van der Waals surface area contributed by atoms with Gasteiger partial charge in [0.25, 0.3) is 0 Å². The molecule has 0 aromatic rings. The van der Waals surface area contributed by atoms with Gasteiger partial charge in [-0.25, -0.2) is 0 Å². The quantitative estimate of drug-likeness (QED) is 0.711. The van der Waals surface area contributed by atoms with Crippen LogP contribution in [0.25, 0.3) is 0 Å². The van der Waals surface area contributed by atoms with Crippen LogP contribution in [-0.4, -0.2) is 36.0 Å². The lowest BCUT2D eigenvalue weighted by Gasteiger charge is -2.37. The van der Waals surface area contributed by atoms with Crippen molar-refractivity contribution in [2.24, 2.45) is 0 Å². The van der Waals surface area contributed by atoms with Crippen LogP contribution >= 0.6 is 0 Å². The zero-order valence-corrected chi connectivity index (χ0v) is 8.91. The van der Waals surface area contributed by atoms with E-state index in [1.807, 2.05) is 6.92 Å². The molecular weight excluding hydrogens is 178 g/mol. The summed E-state index contributed by atoms with van der Waals surface area (Å²) in [5.41, 5.74) is 0. The number of rotatable bonds is 4. The first-order chi connectivity index (χ1) is 6.79. The van der Waals surface area contributed by atoms with Crippen molar-refractivity contribution in [3.8, 4) is 0 Å². The predicted molar refractivity (Wildman–Crippen MR) is 55.2 cm³/mol. The lowest BCUT2D eigenvalue weighted by Crippen LogP contribution is -2.51. The highest BCUT2D eigenvalue weighted by molar-refractivity contribution is 4.92. The predicted octanol–water partition coefficient (Wildman–Crippen LogP) is 1.06. The topological polar surface area (TPSA) is 41.5 Å². The molecule has 2 N–H and O–H groups in total. The van der Waals surface area contributed by atoms with Crippen LogP contribution in [0, 0.1) is 0 Å². The summed E-state index contributed by atoms with van der Waals surface area (Å²) in [5.74, 6) is 0. The minimum atomic E-state index is -0.110. The van der Waals surface area contributed by atoms with Crippen molar-refractivity contribution in [2.75, 3.05) is 6.61 Å². The number of hydrogen-bond acceptors (Lipinski definition) is 3. The molecule has 2 saturated carbocycles. The highest BCUT2D eigenvalue weighted by Gasteiger charge is 2.34. The van der Waals surface area contributed by atoms with Gasteiger partial charge in [0.05, 0.1) is 12.2 Å². The number of hydrogen-bond donors (Lipinski definition) is 2. The molecule has 0 spiro atoms. The van der Waals surface area contributed by atoms with Gasteiger partial charge in [0, 0.05) is 18.7 Å². The Hall–Kier alpha value is -0.120. The van der Waals surface area contributed by atoms with Gasteiger partial charge in [-0.3, -0.25) is 0 Å². The molecule has 0 amide bonds. The lowest BCUT2D eigenvalue weighted by atomic mass is 9.88. The summed E-state index contributed by atoms with van der Waals surface area (Å²) in [7, 11) is 0. The van der Waals surface area contributed by atoms with E-state index in [2.05, 4.69) is 5.32 Å². The summed E-state index contributed by atoms with van der Waals surface area (Å²) in [6, 6.07) is 0.937. The maximum absolute atomic E-state index is 9.63. The smallest absolute Gasteiger partial charge is 0.0693 e. The molecule has 0 aliphatic heterocycles. The molecule has 0 saturated heterocycles. The fourth-order valence-electron chi connectivity index (χ4n) is 2.51. The fraction of sp³-hybridized carbons (Fsp3) is 1.00. The van der Waals surface area contributed by atoms with Crippen LogP contribution in [-0.2, 0) is 4.74 Å². The summed E-state index contributed by atoms with van der Waals surface area (Å²) in [5, 5.41) is 13.2. The van der Waals surface area contributed by atoms with Crippen LogP contribution in [0.4, 0.5) is 0 Å². The maximum Gasteiger partial charge on any atom is 0.0693 e. The molecule has 2 fully saturated rings. The van der Waals surface area contributed by atoms with Crippen molar-refractivity contribution in [3.63, 3.8) is 0 Å². The summed E-state index contributed by atoms with van der Waals surface area (Å²) < 4.78 is 5.50. The lowest BCUT2D eigenvalue weighted by molar-refractivity contribution is -0.0161. The van der Waals surface area contributed by atoms with Gasteiger partial charge in [0.15, 0.2) is 0 Å². The minimum absolute atomic E-state index is 0.110. The molecule has 2 aliphatic carbocycles. The van der Waals surface area contributed by atoms with Gasteiger partial charge in [0.1, 0.15) is 0 Å². The minimum Gasteiger partial charge on any atom is -0.392 e. The molecule has 0 bridgehead atoms. The maximum atomic E-state index is 9.63. The molecule has 2 rings (SSSR count). The van der Waals surface area contributed by atoms with E-state index in [0.29, 0.717) is 18.2 Å². The highest BCUT2D eigenvalue weighted by Crippen LogP contribution is 2.27. The second-order valence-corrected chi connectivity index (χ2v) is 4.52. The molecule has 0 aromatic carbocycles. The van der Waals surface area contributed by atoms with Crippen molar-refractivity contribution in [3.05, 3.63) is 0 Å². The Kier molecular flexibility index (Phi) is 3.42. The Balaban J connectivity index is 1.63. The van der Waals surface area contributed by atoms with Crippen molar-refractivity contribution in [1.29, 1.82) is 0 Å². The molecule has 2 aliphatic rings. The second-order valence-electron chi connectivity index (χ2n) is 4.52. The van der Waals surface area contributed by atoms with Gasteiger partial charge in [-0.15, -0.1) is 0 Å². The largest absolute Gasteiger partial charge is 0.392 e. The third-order valence-electron chi connectivity index (χ3n) is 3.43. The van der Waals surface area contributed by atoms with Crippen molar-refractivity contribution >= 4 is 0 Å². The molecule has 14 heavy (non-hydrogen) atoms. The number of aliphatic hydroxyl groups is 1. The van der Waals surface area contributed by atoms with E-state index in [1.165, 1.54) is 6.42 Å². The zero-order valence-electron chi connectivity index (χ0n) is 8.91. The molecule has 0 aromatic heterocycles.